The van der Waals surface area contributed by atoms with Crippen LogP contribution in [0.5, 0.6) is 0 Å². The van der Waals surface area contributed by atoms with E-state index in [0.29, 0.717) is 24.8 Å². The molecule has 2 aromatic heterocycles. The van der Waals surface area contributed by atoms with Gasteiger partial charge in [-0.05, 0) is 82.1 Å². The van der Waals surface area contributed by atoms with E-state index in [9.17, 15) is 14.9 Å². The number of carbonyl (C=O) groups is 1. The topological polar surface area (TPSA) is 108 Å². The first-order valence-corrected chi connectivity index (χ1v) is 13.2. The van der Waals surface area contributed by atoms with Gasteiger partial charge in [0.25, 0.3) is 0 Å². The van der Waals surface area contributed by atoms with E-state index in [0.717, 1.165) is 49.2 Å². The van der Waals surface area contributed by atoms with Crippen molar-refractivity contribution in [2.45, 2.75) is 77.8 Å². The molecule has 7 rings (SSSR count). The van der Waals surface area contributed by atoms with E-state index < -0.39 is 0 Å². The monoisotopic (exact) mass is 502 g/mol. The molecule has 4 aliphatic rings. The molecule has 2 atom stereocenters. The lowest BCUT2D eigenvalue weighted by molar-refractivity contribution is -0.385. The zero-order chi connectivity index (χ0) is 25.9. The third-order valence-electron chi connectivity index (χ3n) is 9.01. The summed E-state index contributed by atoms with van der Waals surface area (Å²) in [6, 6.07) is 8.39. The van der Waals surface area contributed by atoms with Crippen molar-refractivity contribution in [3.05, 3.63) is 69.3 Å². The molecule has 0 saturated heterocycles. The lowest BCUT2D eigenvalue weighted by Crippen LogP contribution is -2.57. The van der Waals surface area contributed by atoms with Crippen LogP contribution in [0.15, 0.2) is 36.7 Å². The molecule has 1 N–H and O–H groups in total. The number of nitrogens with one attached hydrogen (secondary N) is 1. The smallest absolute Gasteiger partial charge is 0.307 e. The quantitative estimate of drug-likeness (QED) is 0.349. The second-order valence-corrected chi connectivity index (χ2v) is 12.0. The van der Waals surface area contributed by atoms with Gasteiger partial charge in [0.1, 0.15) is 12.4 Å². The van der Waals surface area contributed by atoms with Crippen molar-refractivity contribution in [3.8, 4) is 0 Å². The number of nitrogens with zero attached hydrogens (tertiary/aromatic N) is 5. The van der Waals surface area contributed by atoms with Gasteiger partial charge < -0.3 is 5.32 Å². The number of carbonyl (C=O) groups excluding carboxylic acids is 1. The molecule has 4 aliphatic carbocycles. The fraction of sp³-hybridized carbons (Fsp3) is 0.536. The van der Waals surface area contributed by atoms with E-state index in [4.69, 9.17) is 5.10 Å². The number of anilines is 1. The van der Waals surface area contributed by atoms with Gasteiger partial charge in [0.2, 0.25) is 5.91 Å². The van der Waals surface area contributed by atoms with E-state index >= 15 is 0 Å². The minimum absolute atomic E-state index is 0.0323. The van der Waals surface area contributed by atoms with Crippen LogP contribution >= 0.6 is 0 Å². The molecule has 2 unspecified atom stereocenters. The van der Waals surface area contributed by atoms with Crippen LogP contribution in [0.1, 0.15) is 67.5 Å². The van der Waals surface area contributed by atoms with Gasteiger partial charge in [-0.15, -0.1) is 0 Å². The van der Waals surface area contributed by atoms with Gasteiger partial charge >= 0.3 is 5.69 Å². The Morgan fingerprint density at radius 2 is 1.95 bits per heavy atom. The Hall–Kier alpha value is -3.49. The summed E-state index contributed by atoms with van der Waals surface area (Å²) in [4.78, 5) is 24.4. The number of aryl methyl sites for hydroxylation is 2. The Morgan fingerprint density at radius 1 is 1.19 bits per heavy atom. The van der Waals surface area contributed by atoms with E-state index in [2.05, 4.69) is 41.6 Å². The molecule has 2 heterocycles. The molecule has 9 heteroatoms. The first kappa shape index (κ1) is 23.9. The number of amides is 1. The summed E-state index contributed by atoms with van der Waals surface area (Å²) >= 11 is 0. The minimum atomic E-state index is -0.378. The molecule has 4 bridgehead atoms. The molecule has 0 spiro atoms. The zero-order valence-electron chi connectivity index (χ0n) is 21.7. The van der Waals surface area contributed by atoms with Crippen molar-refractivity contribution in [2.75, 3.05) is 5.32 Å². The van der Waals surface area contributed by atoms with Gasteiger partial charge in [0, 0.05) is 6.42 Å². The third kappa shape index (κ3) is 4.24. The maximum atomic E-state index is 13.5. The highest BCUT2D eigenvalue weighted by Crippen LogP contribution is 2.65. The molecule has 194 valence electrons. The summed E-state index contributed by atoms with van der Waals surface area (Å²) in [6.07, 6.45) is 9.55. The normalized spacial score (nSPS) is 28.0. The number of nitro groups is 1. The van der Waals surface area contributed by atoms with Gasteiger partial charge in [0.05, 0.1) is 34.1 Å². The van der Waals surface area contributed by atoms with Crippen LogP contribution in [-0.2, 0) is 16.9 Å². The number of benzene rings is 1. The van der Waals surface area contributed by atoms with Gasteiger partial charge in [-0.3, -0.25) is 24.3 Å². The van der Waals surface area contributed by atoms with Gasteiger partial charge in [-0.25, -0.2) is 0 Å². The average Bonchev–Trinajstić information content (AvgIpc) is 3.40. The van der Waals surface area contributed by atoms with E-state index in [-0.39, 0.29) is 27.5 Å². The van der Waals surface area contributed by atoms with Crippen LogP contribution in [0.25, 0.3) is 0 Å². The molecule has 1 aromatic carbocycles. The highest BCUT2D eigenvalue weighted by molar-refractivity contribution is 5.92. The molecule has 9 nitrogen and oxygen atoms in total. The first-order valence-electron chi connectivity index (χ1n) is 13.2. The van der Waals surface area contributed by atoms with Gasteiger partial charge in [-0.2, -0.15) is 10.2 Å². The van der Waals surface area contributed by atoms with Crippen molar-refractivity contribution in [1.29, 1.82) is 0 Å². The minimum Gasteiger partial charge on any atom is -0.323 e. The van der Waals surface area contributed by atoms with E-state index in [1.54, 1.807) is 6.20 Å². The predicted octanol–water partition coefficient (Wildman–Crippen LogP) is 5.29. The second kappa shape index (κ2) is 8.53. The molecule has 3 aromatic rings. The van der Waals surface area contributed by atoms with Crippen molar-refractivity contribution >= 4 is 17.3 Å². The summed E-state index contributed by atoms with van der Waals surface area (Å²) in [5, 5.41) is 23.6. The molecule has 1 amide bonds. The molecule has 4 saturated carbocycles. The summed E-state index contributed by atoms with van der Waals surface area (Å²) < 4.78 is 3.82. The lowest BCUT2D eigenvalue weighted by Gasteiger charge is -2.61. The van der Waals surface area contributed by atoms with Crippen LogP contribution in [0, 0.1) is 48.1 Å². The highest BCUT2D eigenvalue weighted by atomic mass is 16.6. The van der Waals surface area contributed by atoms with Crippen LogP contribution in [0.2, 0.25) is 0 Å². The van der Waals surface area contributed by atoms with Gasteiger partial charge in [-0.1, -0.05) is 29.8 Å². The Kier molecular flexibility index (Phi) is 5.51. The Balaban J connectivity index is 1.20. The van der Waals surface area contributed by atoms with Crippen LogP contribution in [0.3, 0.4) is 0 Å². The van der Waals surface area contributed by atoms with Crippen molar-refractivity contribution in [1.82, 2.24) is 19.6 Å². The maximum absolute atomic E-state index is 13.5. The highest BCUT2D eigenvalue weighted by Gasteiger charge is 2.59. The first-order chi connectivity index (χ1) is 17.6. The SMILES string of the molecule is Cc1cccc(Cn2nc(C)c(NC(=O)CC34CC5CC(C3)CC(n3cc([N+](=O)[O-])cn3)(C5)C4)c2C)c1. The van der Waals surface area contributed by atoms with Crippen LogP contribution in [-0.4, -0.2) is 30.4 Å². The van der Waals surface area contributed by atoms with Crippen LogP contribution in [0.4, 0.5) is 11.4 Å². The fourth-order valence-corrected chi connectivity index (χ4v) is 8.08. The molecule has 4 fully saturated rings. The average molecular weight is 503 g/mol. The summed E-state index contributed by atoms with van der Waals surface area (Å²) in [7, 11) is 0. The zero-order valence-corrected chi connectivity index (χ0v) is 21.7. The largest absolute Gasteiger partial charge is 0.323 e. The van der Waals surface area contributed by atoms with E-state index in [1.807, 2.05) is 23.2 Å². The van der Waals surface area contributed by atoms with Crippen molar-refractivity contribution in [3.63, 3.8) is 0 Å². The number of hydrogen-bond donors (Lipinski definition) is 1. The number of hydrogen-bond acceptors (Lipinski definition) is 5. The number of aromatic nitrogens is 4. The molecular weight excluding hydrogens is 468 g/mol. The Bertz CT molecular complexity index is 1370. The molecular formula is C28H34N6O3. The maximum Gasteiger partial charge on any atom is 0.307 e. The summed E-state index contributed by atoms with van der Waals surface area (Å²) in [6.45, 7) is 6.70. The molecule has 37 heavy (non-hydrogen) atoms. The lowest BCUT2D eigenvalue weighted by atomic mass is 9.46. The van der Waals surface area contributed by atoms with E-state index in [1.165, 1.54) is 23.7 Å². The molecule has 0 radical (unpaired) electrons. The Labute approximate surface area is 216 Å². The van der Waals surface area contributed by atoms with Crippen molar-refractivity contribution in [2.24, 2.45) is 17.3 Å². The second-order valence-electron chi connectivity index (χ2n) is 12.0. The predicted molar refractivity (Wildman–Crippen MR) is 139 cm³/mol. The van der Waals surface area contributed by atoms with Crippen molar-refractivity contribution < 1.29 is 9.72 Å². The Morgan fingerprint density at radius 3 is 2.62 bits per heavy atom. The standard InChI is InChI=1S/C28H34N6O3/c1-18-5-4-6-21(7-18)15-32-20(3)26(19(2)31-32)30-25(35)13-27-9-22-8-23(10-27)12-28(11-22,17-27)33-16-24(14-29-33)34(36)37/h4-7,14,16,22-23H,8-13,15,17H2,1-3H3,(H,30,35). The van der Waals surface area contributed by atoms with Gasteiger partial charge in [0.15, 0.2) is 0 Å². The van der Waals surface area contributed by atoms with Crippen LogP contribution < -0.4 is 5.32 Å². The number of rotatable bonds is 7. The summed E-state index contributed by atoms with van der Waals surface area (Å²) in [5.41, 5.74) is 4.71. The summed E-state index contributed by atoms with van der Waals surface area (Å²) in [5.74, 6) is 1.11. The molecule has 0 aliphatic heterocycles. The third-order valence-corrected chi connectivity index (χ3v) is 9.01. The fourth-order valence-electron chi connectivity index (χ4n) is 8.08.